The number of carbonyl (C=O) groups is 2. The van der Waals surface area contributed by atoms with Gasteiger partial charge in [0.2, 0.25) is 0 Å². The van der Waals surface area contributed by atoms with Gasteiger partial charge in [-0.25, -0.2) is 24.5 Å². The van der Waals surface area contributed by atoms with E-state index in [1.807, 2.05) is 18.2 Å². The van der Waals surface area contributed by atoms with Gasteiger partial charge in [-0.05, 0) is 18.7 Å². The van der Waals surface area contributed by atoms with Crippen LogP contribution in [0.3, 0.4) is 0 Å². The van der Waals surface area contributed by atoms with Crippen molar-refractivity contribution in [1.29, 1.82) is 0 Å². The second-order valence-electron chi connectivity index (χ2n) is 8.57. The van der Waals surface area contributed by atoms with Crippen molar-refractivity contribution in [2.24, 2.45) is 0 Å². The first-order valence-corrected chi connectivity index (χ1v) is 13.2. The van der Waals surface area contributed by atoms with Gasteiger partial charge >= 0.3 is 24.3 Å². The SMILES string of the molecule is CCN1CCN(c2ncnc3scc(-c4cc5ccccc5nc4Cl)c23)CC1.O=C(O)C(F)(F)F.O=C(O)C(F)(F)F. The van der Waals surface area contributed by atoms with Crippen molar-refractivity contribution in [2.75, 3.05) is 37.6 Å². The number of para-hydroxylation sites is 1. The number of pyridine rings is 1. The van der Waals surface area contributed by atoms with Crippen LogP contribution in [-0.4, -0.2) is 87.1 Å². The molecule has 4 aromatic rings. The van der Waals surface area contributed by atoms with Gasteiger partial charge < -0.3 is 20.0 Å². The Labute approximate surface area is 243 Å². The van der Waals surface area contributed by atoms with Gasteiger partial charge in [-0.3, -0.25) is 0 Å². The Balaban J connectivity index is 0.000000289. The lowest BCUT2D eigenvalue weighted by Crippen LogP contribution is -2.46. The molecule has 1 aliphatic rings. The fourth-order valence-corrected chi connectivity index (χ4v) is 5.00. The van der Waals surface area contributed by atoms with Gasteiger partial charge in [0.25, 0.3) is 0 Å². The predicted molar refractivity (Wildman–Crippen MR) is 145 cm³/mol. The van der Waals surface area contributed by atoms with Crippen molar-refractivity contribution < 1.29 is 46.1 Å². The number of nitrogens with zero attached hydrogens (tertiary/aromatic N) is 5. The van der Waals surface area contributed by atoms with Crippen molar-refractivity contribution in [1.82, 2.24) is 19.9 Å². The van der Waals surface area contributed by atoms with E-state index in [1.165, 1.54) is 0 Å². The van der Waals surface area contributed by atoms with Crippen molar-refractivity contribution in [3.8, 4) is 11.1 Å². The molecule has 0 radical (unpaired) electrons. The highest BCUT2D eigenvalue weighted by Gasteiger charge is 2.38. The number of likely N-dealkylation sites (N-methyl/N-ethyl adjacent to an activating group) is 1. The number of thiophene rings is 1. The Morgan fingerprint density at radius 3 is 2.07 bits per heavy atom. The Bertz CT molecular complexity index is 1530. The molecule has 1 saturated heterocycles. The van der Waals surface area contributed by atoms with E-state index in [4.69, 9.17) is 31.4 Å². The van der Waals surface area contributed by atoms with Crippen LogP contribution in [0.2, 0.25) is 5.15 Å². The van der Waals surface area contributed by atoms with Crippen molar-refractivity contribution in [2.45, 2.75) is 19.3 Å². The van der Waals surface area contributed by atoms with Crippen LogP contribution in [-0.2, 0) is 9.59 Å². The number of hydrogen-bond donors (Lipinski definition) is 2. The van der Waals surface area contributed by atoms with Gasteiger partial charge in [0, 0.05) is 48.1 Å². The average molecular weight is 638 g/mol. The van der Waals surface area contributed by atoms with Crippen LogP contribution in [0, 0.1) is 0 Å². The highest BCUT2D eigenvalue weighted by atomic mass is 35.5. The highest BCUT2D eigenvalue weighted by molar-refractivity contribution is 7.17. The lowest BCUT2D eigenvalue weighted by atomic mass is 10.1. The Morgan fingerprint density at radius 2 is 1.52 bits per heavy atom. The van der Waals surface area contributed by atoms with Gasteiger partial charge in [0.05, 0.1) is 10.9 Å². The third kappa shape index (κ3) is 8.17. The summed E-state index contributed by atoms with van der Waals surface area (Å²) in [6.45, 7) is 7.36. The fraction of sp³-hybridized carbons (Fsp3) is 0.320. The minimum Gasteiger partial charge on any atom is -0.475 e. The molecule has 0 bridgehead atoms. The maximum atomic E-state index is 10.6. The average Bonchev–Trinajstić information content (AvgIpc) is 3.36. The van der Waals surface area contributed by atoms with E-state index in [1.54, 1.807) is 17.7 Å². The normalized spacial score (nSPS) is 14.1. The summed E-state index contributed by atoms with van der Waals surface area (Å²) in [4.78, 5) is 37.4. The standard InChI is InChI=1S/C21H20ClN5S.2C2HF3O2/c1-2-26-7-9-27(10-8-26)20-18-16(12-28-21(18)24-13-23-20)15-11-14-5-3-4-6-17(14)25-19(15)22;2*3-2(4,5)1(6)7/h3-6,11-13H,2,7-10H2,1H3;2*(H,6,7). The van der Waals surface area contributed by atoms with E-state index in [9.17, 15) is 26.3 Å². The van der Waals surface area contributed by atoms with Crippen molar-refractivity contribution in [3.63, 3.8) is 0 Å². The fourth-order valence-electron chi connectivity index (χ4n) is 3.85. The molecule has 1 fully saturated rings. The van der Waals surface area contributed by atoms with Crippen LogP contribution in [0.1, 0.15) is 6.92 Å². The first-order valence-electron chi connectivity index (χ1n) is 12.0. The topological polar surface area (TPSA) is 120 Å². The van der Waals surface area contributed by atoms with Gasteiger partial charge in [-0.2, -0.15) is 26.3 Å². The first-order chi connectivity index (χ1) is 19.6. The number of carboxylic acid groups (broad SMARTS) is 2. The molecule has 2 N–H and O–H groups in total. The molecule has 42 heavy (non-hydrogen) atoms. The molecule has 0 aliphatic carbocycles. The summed E-state index contributed by atoms with van der Waals surface area (Å²) in [6.07, 6.45) is -8.50. The van der Waals surface area contributed by atoms with E-state index in [0.29, 0.717) is 5.15 Å². The van der Waals surface area contributed by atoms with E-state index in [2.05, 4.69) is 49.2 Å². The van der Waals surface area contributed by atoms with E-state index >= 15 is 0 Å². The third-order valence-electron chi connectivity index (χ3n) is 5.92. The zero-order valence-corrected chi connectivity index (χ0v) is 23.2. The van der Waals surface area contributed by atoms with Crippen molar-refractivity contribution in [3.05, 3.63) is 47.2 Å². The molecule has 9 nitrogen and oxygen atoms in total. The number of halogens is 7. The number of aromatic nitrogens is 3. The van der Waals surface area contributed by atoms with Crippen LogP contribution in [0.15, 0.2) is 42.0 Å². The largest absolute Gasteiger partial charge is 0.490 e. The molecule has 3 aromatic heterocycles. The summed E-state index contributed by atoms with van der Waals surface area (Å²) >= 11 is 8.23. The number of aliphatic carboxylic acids is 2. The Morgan fingerprint density at radius 1 is 0.952 bits per heavy atom. The van der Waals surface area contributed by atoms with Crippen LogP contribution in [0.4, 0.5) is 32.2 Å². The zero-order valence-electron chi connectivity index (χ0n) is 21.6. The smallest absolute Gasteiger partial charge is 0.475 e. The quantitative estimate of drug-likeness (QED) is 0.207. The summed E-state index contributed by atoms with van der Waals surface area (Å²) in [7, 11) is 0. The summed E-state index contributed by atoms with van der Waals surface area (Å²) in [5.74, 6) is -4.51. The minimum absolute atomic E-state index is 0.518. The molecule has 17 heteroatoms. The number of piperazine rings is 1. The molecule has 0 spiro atoms. The summed E-state index contributed by atoms with van der Waals surface area (Å²) in [6, 6.07) is 10.2. The van der Waals surface area contributed by atoms with Crippen LogP contribution in [0.25, 0.3) is 32.2 Å². The maximum absolute atomic E-state index is 10.6. The van der Waals surface area contributed by atoms with Crippen molar-refractivity contribution >= 4 is 61.8 Å². The van der Waals surface area contributed by atoms with Gasteiger partial charge in [-0.15, -0.1) is 11.3 Å². The van der Waals surface area contributed by atoms with Gasteiger partial charge in [0.1, 0.15) is 22.1 Å². The number of benzene rings is 1. The second kappa shape index (κ2) is 13.5. The zero-order chi connectivity index (χ0) is 31.2. The van der Waals surface area contributed by atoms with Crippen LogP contribution >= 0.6 is 22.9 Å². The molecule has 0 amide bonds. The summed E-state index contributed by atoms with van der Waals surface area (Å²) in [5.41, 5.74) is 2.91. The molecule has 0 saturated carbocycles. The predicted octanol–water partition coefficient (Wildman–Crippen LogP) is 5.97. The maximum Gasteiger partial charge on any atom is 0.490 e. The molecule has 0 unspecified atom stereocenters. The monoisotopic (exact) mass is 637 g/mol. The number of alkyl halides is 6. The molecular weight excluding hydrogens is 616 g/mol. The second-order valence-corrected chi connectivity index (χ2v) is 9.79. The Kier molecular flexibility index (Phi) is 10.5. The number of anilines is 1. The molecule has 226 valence electrons. The first kappa shape index (κ1) is 32.8. The van der Waals surface area contributed by atoms with Gasteiger partial charge in [-0.1, -0.05) is 36.7 Å². The van der Waals surface area contributed by atoms with Crippen LogP contribution < -0.4 is 4.90 Å². The number of hydrogen-bond acceptors (Lipinski definition) is 8. The van der Waals surface area contributed by atoms with Crippen LogP contribution in [0.5, 0.6) is 0 Å². The third-order valence-corrected chi connectivity index (χ3v) is 7.10. The number of carboxylic acids is 2. The van der Waals surface area contributed by atoms with Gasteiger partial charge in [0.15, 0.2) is 0 Å². The number of rotatable bonds is 3. The molecule has 1 aliphatic heterocycles. The molecule has 1 aromatic carbocycles. The molecule has 0 atom stereocenters. The van der Waals surface area contributed by atoms with E-state index in [-0.39, 0.29) is 0 Å². The Hall–Kier alpha value is -3.76. The molecular formula is C25H22ClF6N5O4S. The number of fused-ring (bicyclic) bond motifs is 2. The molecule has 5 rings (SSSR count). The molecule has 4 heterocycles. The highest BCUT2D eigenvalue weighted by Crippen LogP contribution is 2.41. The van der Waals surface area contributed by atoms with E-state index < -0.39 is 24.3 Å². The summed E-state index contributed by atoms with van der Waals surface area (Å²) in [5, 5.41) is 19.1. The lowest BCUT2D eigenvalue weighted by molar-refractivity contribution is -0.193. The minimum atomic E-state index is -5.08. The summed E-state index contributed by atoms with van der Waals surface area (Å²) < 4.78 is 63.5. The van der Waals surface area contributed by atoms with E-state index in [0.717, 1.165) is 70.8 Å². The lowest BCUT2D eigenvalue weighted by Gasteiger charge is -2.35.